The van der Waals surface area contributed by atoms with E-state index in [1.165, 1.54) is 12.1 Å². The highest BCUT2D eigenvalue weighted by Gasteiger charge is 2.36. The summed E-state index contributed by atoms with van der Waals surface area (Å²) in [6.45, 7) is 8.25. The number of carbonyl (C=O) groups is 2. The van der Waals surface area contributed by atoms with Crippen LogP contribution in [0.3, 0.4) is 0 Å². The predicted octanol–water partition coefficient (Wildman–Crippen LogP) is 6.33. The maximum atomic E-state index is 15.0. The molecule has 6 nitrogen and oxygen atoms in total. The Labute approximate surface area is 218 Å². The van der Waals surface area contributed by atoms with E-state index in [-0.39, 0.29) is 18.2 Å². The molecule has 1 fully saturated rings. The van der Waals surface area contributed by atoms with Crippen LogP contribution in [0.2, 0.25) is 0 Å². The quantitative estimate of drug-likeness (QED) is 0.335. The van der Waals surface area contributed by atoms with Gasteiger partial charge in [-0.05, 0) is 98.3 Å². The number of ether oxygens (including phenoxy) is 1. The fourth-order valence-corrected chi connectivity index (χ4v) is 4.91. The van der Waals surface area contributed by atoms with Crippen molar-refractivity contribution in [2.45, 2.75) is 52.2 Å². The number of pyridine rings is 1. The number of hydrogen-bond acceptors (Lipinski definition) is 4. The first kappa shape index (κ1) is 25.3. The lowest BCUT2D eigenvalue weighted by atomic mass is 10.0. The molecule has 1 atom stereocenters. The Morgan fingerprint density at radius 1 is 1.20 bits per heavy atom. The van der Waals surface area contributed by atoms with E-state index in [9.17, 15) is 14.0 Å². The Morgan fingerprint density at radius 3 is 2.69 bits per heavy atom. The van der Waals surface area contributed by atoms with E-state index in [2.05, 4.69) is 4.98 Å². The summed E-state index contributed by atoms with van der Waals surface area (Å²) in [6.07, 6.45) is 2.58. The molecule has 8 heteroatoms. The van der Waals surface area contributed by atoms with E-state index in [4.69, 9.17) is 4.74 Å². The SMILES string of the molecule is Cc1cccc2ccnc(N(C(=O)c3ccc(I)cc3F)[C@@H]3CCCN(C(=O)OC(C)(C)C)C3)c12. The first-order valence-corrected chi connectivity index (χ1v) is 12.7. The van der Waals surface area contributed by atoms with Crippen LogP contribution in [0.15, 0.2) is 48.7 Å². The van der Waals surface area contributed by atoms with Crippen LogP contribution in [0.25, 0.3) is 10.8 Å². The Bertz CT molecular complexity index is 1270. The van der Waals surface area contributed by atoms with Crippen molar-refractivity contribution < 1.29 is 18.7 Å². The Kier molecular flexibility index (Phi) is 7.30. The number of nitrogens with zero attached hydrogens (tertiary/aromatic N) is 3. The van der Waals surface area contributed by atoms with Crippen molar-refractivity contribution >= 4 is 51.2 Å². The number of likely N-dealkylation sites (tertiary alicyclic amines) is 1. The number of hydrogen-bond donors (Lipinski definition) is 0. The molecule has 2 heterocycles. The van der Waals surface area contributed by atoms with Gasteiger partial charge in [0, 0.05) is 28.2 Å². The molecule has 0 aliphatic carbocycles. The number of benzene rings is 2. The molecular weight excluding hydrogens is 560 g/mol. The number of halogens is 2. The van der Waals surface area contributed by atoms with Crippen molar-refractivity contribution in [3.63, 3.8) is 0 Å². The Hall–Kier alpha value is -2.75. The molecule has 2 amide bonds. The van der Waals surface area contributed by atoms with Gasteiger partial charge in [0.25, 0.3) is 5.91 Å². The van der Waals surface area contributed by atoms with Gasteiger partial charge in [-0.2, -0.15) is 0 Å². The average molecular weight is 589 g/mol. The molecule has 1 saturated heterocycles. The largest absolute Gasteiger partial charge is 0.444 e. The number of aromatic nitrogens is 1. The normalized spacial score (nSPS) is 16.3. The van der Waals surface area contributed by atoms with Gasteiger partial charge < -0.3 is 9.64 Å². The summed E-state index contributed by atoms with van der Waals surface area (Å²) in [5.41, 5.74) is 0.316. The van der Waals surface area contributed by atoms with Gasteiger partial charge in [0.1, 0.15) is 17.2 Å². The molecule has 2 aromatic carbocycles. The summed E-state index contributed by atoms with van der Waals surface area (Å²) in [6, 6.07) is 12.0. The van der Waals surface area contributed by atoms with Gasteiger partial charge in [-0.25, -0.2) is 14.2 Å². The third-order valence-electron chi connectivity index (χ3n) is 6.00. The molecule has 1 aliphatic heterocycles. The van der Waals surface area contributed by atoms with Crippen LogP contribution in [0.5, 0.6) is 0 Å². The van der Waals surface area contributed by atoms with E-state index < -0.39 is 23.4 Å². The minimum atomic E-state index is -0.627. The number of fused-ring (bicyclic) bond motifs is 1. The lowest BCUT2D eigenvalue weighted by Gasteiger charge is -2.39. The predicted molar refractivity (Wildman–Crippen MR) is 143 cm³/mol. The first-order chi connectivity index (χ1) is 16.5. The monoisotopic (exact) mass is 589 g/mol. The third kappa shape index (κ3) is 5.58. The van der Waals surface area contributed by atoms with E-state index >= 15 is 0 Å². The molecule has 1 aromatic heterocycles. The van der Waals surface area contributed by atoms with Crippen molar-refractivity contribution in [1.29, 1.82) is 0 Å². The topological polar surface area (TPSA) is 62.7 Å². The maximum Gasteiger partial charge on any atom is 0.410 e. The van der Waals surface area contributed by atoms with Crippen molar-refractivity contribution in [1.82, 2.24) is 9.88 Å². The molecule has 184 valence electrons. The van der Waals surface area contributed by atoms with Gasteiger partial charge in [-0.3, -0.25) is 9.69 Å². The summed E-state index contributed by atoms with van der Waals surface area (Å²) in [4.78, 5) is 34.6. The van der Waals surface area contributed by atoms with Crippen LogP contribution in [0, 0.1) is 16.3 Å². The van der Waals surface area contributed by atoms with Crippen molar-refractivity contribution in [2.24, 2.45) is 0 Å². The molecule has 1 aliphatic rings. The van der Waals surface area contributed by atoms with Gasteiger partial charge in [0.15, 0.2) is 0 Å². The summed E-state index contributed by atoms with van der Waals surface area (Å²) < 4.78 is 21.3. The van der Waals surface area contributed by atoms with Crippen LogP contribution in [-0.4, -0.2) is 46.6 Å². The zero-order valence-electron chi connectivity index (χ0n) is 20.3. The van der Waals surface area contributed by atoms with Gasteiger partial charge in [-0.15, -0.1) is 0 Å². The highest BCUT2D eigenvalue weighted by Crippen LogP contribution is 2.33. The molecule has 3 aromatic rings. The Morgan fingerprint density at radius 2 is 1.97 bits per heavy atom. The van der Waals surface area contributed by atoms with Gasteiger partial charge >= 0.3 is 6.09 Å². The molecule has 0 unspecified atom stereocenters. The summed E-state index contributed by atoms with van der Waals surface area (Å²) in [5.74, 6) is -0.582. The Balaban J connectivity index is 1.80. The van der Waals surface area contributed by atoms with Crippen molar-refractivity contribution in [3.8, 4) is 0 Å². The zero-order valence-corrected chi connectivity index (χ0v) is 22.5. The maximum absolute atomic E-state index is 15.0. The molecule has 0 N–H and O–H groups in total. The van der Waals surface area contributed by atoms with Gasteiger partial charge in [-0.1, -0.05) is 18.2 Å². The number of anilines is 1. The first-order valence-electron chi connectivity index (χ1n) is 11.7. The lowest BCUT2D eigenvalue weighted by Crippen LogP contribution is -2.53. The summed E-state index contributed by atoms with van der Waals surface area (Å²) in [5, 5.41) is 1.78. The third-order valence-corrected chi connectivity index (χ3v) is 6.67. The highest BCUT2D eigenvalue weighted by atomic mass is 127. The van der Waals surface area contributed by atoms with Crippen LogP contribution >= 0.6 is 22.6 Å². The summed E-state index contributed by atoms with van der Waals surface area (Å²) >= 11 is 2.02. The van der Waals surface area contributed by atoms with Crippen LogP contribution in [-0.2, 0) is 4.74 Å². The second kappa shape index (κ2) is 10.1. The second-order valence-electron chi connectivity index (χ2n) is 9.83. The molecule has 0 spiro atoms. The minimum absolute atomic E-state index is 0.0211. The van der Waals surface area contributed by atoms with Crippen LogP contribution in [0.1, 0.15) is 49.5 Å². The summed E-state index contributed by atoms with van der Waals surface area (Å²) in [7, 11) is 0. The number of amides is 2. The molecule has 0 radical (unpaired) electrons. The molecule has 0 bridgehead atoms. The van der Waals surface area contributed by atoms with E-state index in [1.54, 1.807) is 22.1 Å². The fraction of sp³-hybridized carbons (Fsp3) is 0.370. The number of carbonyl (C=O) groups excluding carboxylic acids is 2. The lowest BCUT2D eigenvalue weighted by molar-refractivity contribution is 0.0196. The van der Waals surface area contributed by atoms with Gasteiger partial charge in [0.2, 0.25) is 0 Å². The number of aryl methyl sites for hydroxylation is 1. The van der Waals surface area contributed by atoms with Crippen molar-refractivity contribution in [2.75, 3.05) is 18.0 Å². The average Bonchev–Trinajstić information content (AvgIpc) is 2.78. The van der Waals surface area contributed by atoms with Crippen molar-refractivity contribution in [3.05, 3.63) is 69.2 Å². The molecule has 35 heavy (non-hydrogen) atoms. The molecular formula is C27H29FIN3O3. The van der Waals surface area contributed by atoms with E-state index in [0.29, 0.717) is 28.8 Å². The van der Waals surface area contributed by atoms with Crippen LogP contribution < -0.4 is 4.90 Å². The van der Waals surface area contributed by atoms with Crippen LogP contribution in [0.4, 0.5) is 15.0 Å². The highest BCUT2D eigenvalue weighted by molar-refractivity contribution is 14.1. The van der Waals surface area contributed by atoms with E-state index in [1.807, 2.05) is 74.6 Å². The zero-order chi connectivity index (χ0) is 25.3. The van der Waals surface area contributed by atoms with E-state index in [0.717, 1.165) is 16.3 Å². The fourth-order valence-electron chi connectivity index (χ4n) is 4.46. The molecule has 0 saturated carbocycles. The van der Waals surface area contributed by atoms with Gasteiger partial charge in [0.05, 0.1) is 11.6 Å². The standard InChI is InChI=1S/C27H29FIN3O3/c1-17-7-5-8-18-12-13-30-24(23(17)18)32(25(33)21-11-10-19(29)15-22(21)28)20-9-6-14-31(16-20)26(34)35-27(2,3)4/h5,7-8,10-13,15,20H,6,9,14,16H2,1-4H3/t20-/m1/s1. The number of piperidine rings is 1. The second-order valence-corrected chi connectivity index (χ2v) is 11.1. The minimum Gasteiger partial charge on any atom is -0.444 e. The smallest absolute Gasteiger partial charge is 0.410 e. The number of rotatable bonds is 3. The molecule has 4 rings (SSSR count).